The van der Waals surface area contributed by atoms with Gasteiger partial charge in [0.1, 0.15) is 5.82 Å². The average Bonchev–Trinajstić information content (AvgIpc) is 2.93. The Kier molecular flexibility index (Phi) is 4.11. The number of imidazole rings is 1. The van der Waals surface area contributed by atoms with Crippen LogP contribution in [-0.4, -0.2) is 21.6 Å². The van der Waals surface area contributed by atoms with Crippen molar-refractivity contribution < 1.29 is 9.18 Å². The van der Waals surface area contributed by atoms with Gasteiger partial charge in [-0.05, 0) is 31.2 Å². The summed E-state index contributed by atoms with van der Waals surface area (Å²) in [6, 6.07) is 12.3. The second kappa shape index (κ2) is 6.19. The fraction of sp³-hybridized carbons (Fsp3) is 0.125. The van der Waals surface area contributed by atoms with Crippen LogP contribution in [-0.2, 0) is 4.79 Å². The number of halogens is 1. The molecule has 0 fully saturated rings. The number of H-pyrrole nitrogens is 1. The highest BCUT2D eigenvalue weighted by Crippen LogP contribution is 2.21. The first-order valence-electron chi connectivity index (χ1n) is 6.76. The summed E-state index contributed by atoms with van der Waals surface area (Å²) >= 11 is 1.31. The molecular weight excluding hydrogens is 301 g/mol. The summed E-state index contributed by atoms with van der Waals surface area (Å²) in [7, 11) is 0. The molecule has 0 spiro atoms. The molecule has 2 N–H and O–H groups in total. The van der Waals surface area contributed by atoms with E-state index in [9.17, 15) is 9.18 Å². The summed E-state index contributed by atoms with van der Waals surface area (Å²) < 4.78 is 13.4. The minimum absolute atomic E-state index is 0.195. The third-order valence-electron chi connectivity index (χ3n) is 3.25. The minimum Gasteiger partial charge on any atom is -0.333 e. The number of hydrogen-bond acceptors (Lipinski definition) is 3. The van der Waals surface area contributed by atoms with Crippen molar-refractivity contribution in [3.63, 3.8) is 0 Å². The van der Waals surface area contributed by atoms with E-state index in [0.717, 1.165) is 11.0 Å². The summed E-state index contributed by atoms with van der Waals surface area (Å²) in [5, 5.41) is 3.40. The molecule has 0 bridgehead atoms. The molecule has 1 heterocycles. The standard InChI is InChI=1S/C16H14FN3OS/c1-10-11(17)5-4-8-12(10)18-15(21)9-22-16-19-13-6-2-3-7-14(13)20-16/h2-8H,9H2,1H3,(H,18,21)(H,19,20). The maximum Gasteiger partial charge on any atom is 0.234 e. The van der Waals surface area contributed by atoms with E-state index in [1.165, 1.54) is 17.8 Å². The number of thioether (sulfide) groups is 1. The number of amides is 1. The zero-order chi connectivity index (χ0) is 15.5. The van der Waals surface area contributed by atoms with Crippen LogP contribution < -0.4 is 5.32 Å². The molecule has 3 aromatic rings. The third-order valence-corrected chi connectivity index (χ3v) is 4.12. The first kappa shape index (κ1) is 14.6. The van der Waals surface area contributed by atoms with Gasteiger partial charge in [0.05, 0.1) is 16.8 Å². The van der Waals surface area contributed by atoms with Crippen molar-refractivity contribution in [3.05, 3.63) is 53.8 Å². The highest BCUT2D eigenvalue weighted by Gasteiger charge is 2.09. The molecule has 0 unspecified atom stereocenters. The molecule has 0 saturated heterocycles. The first-order chi connectivity index (χ1) is 10.6. The normalized spacial score (nSPS) is 10.8. The maximum absolute atomic E-state index is 13.4. The van der Waals surface area contributed by atoms with Crippen molar-refractivity contribution in [1.29, 1.82) is 0 Å². The molecule has 4 nitrogen and oxygen atoms in total. The number of carbonyl (C=O) groups excluding carboxylic acids is 1. The van der Waals surface area contributed by atoms with Crippen LogP contribution in [0.2, 0.25) is 0 Å². The van der Waals surface area contributed by atoms with Crippen molar-refractivity contribution in [2.45, 2.75) is 12.1 Å². The number of carbonyl (C=O) groups is 1. The van der Waals surface area contributed by atoms with E-state index >= 15 is 0 Å². The van der Waals surface area contributed by atoms with E-state index in [0.29, 0.717) is 16.4 Å². The predicted octanol–water partition coefficient (Wildman–Crippen LogP) is 3.74. The predicted molar refractivity (Wildman–Crippen MR) is 86.6 cm³/mol. The second-order valence-corrected chi connectivity index (χ2v) is 5.77. The van der Waals surface area contributed by atoms with Gasteiger partial charge in [-0.15, -0.1) is 0 Å². The molecule has 0 aliphatic carbocycles. The summed E-state index contributed by atoms with van der Waals surface area (Å²) in [4.78, 5) is 19.5. The largest absolute Gasteiger partial charge is 0.333 e. The smallest absolute Gasteiger partial charge is 0.234 e. The lowest BCUT2D eigenvalue weighted by Gasteiger charge is -2.08. The van der Waals surface area contributed by atoms with E-state index < -0.39 is 0 Å². The van der Waals surface area contributed by atoms with E-state index in [1.807, 2.05) is 24.3 Å². The van der Waals surface area contributed by atoms with Gasteiger partial charge in [0, 0.05) is 11.3 Å². The van der Waals surface area contributed by atoms with Crippen LogP contribution in [0, 0.1) is 12.7 Å². The van der Waals surface area contributed by atoms with Crippen molar-refractivity contribution in [1.82, 2.24) is 9.97 Å². The van der Waals surface area contributed by atoms with Gasteiger partial charge in [-0.3, -0.25) is 4.79 Å². The molecular formula is C16H14FN3OS. The van der Waals surface area contributed by atoms with Crippen LogP contribution in [0.3, 0.4) is 0 Å². The molecule has 2 aromatic carbocycles. The first-order valence-corrected chi connectivity index (χ1v) is 7.74. The highest BCUT2D eigenvalue weighted by molar-refractivity contribution is 7.99. The van der Waals surface area contributed by atoms with E-state index in [1.54, 1.807) is 19.1 Å². The average molecular weight is 315 g/mol. The van der Waals surface area contributed by atoms with E-state index in [4.69, 9.17) is 0 Å². The molecule has 3 rings (SSSR count). The van der Waals surface area contributed by atoms with Gasteiger partial charge in [0.25, 0.3) is 0 Å². The number of aromatic nitrogens is 2. The fourth-order valence-corrected chi connectivity index (χ4v) is 2.75. The lowest BCUT2D eigenvalue weighted by molar-refractivity contribution is -0.113. The topological polar surface area (TPSA) is 57.8 Å². The molecule has 0 radical (unpaired) electrons. The van der Waals surface area contributed by atoms with Gasteiger partial charge in [-0.1, -0.05) is 30.0 Å². The van der Waals surface area contributed by atoms with Crippen molar-refractivity contribution >= 4 is 34.4 Å². The molecule has 6 heteroatoms. The van der Waals surface area contributed by atoms with Crippen LogP contribution in [0.5, 0.6) is 0 Å². The Morgan fingerprint density at radius 1 is 1.27 bits per heavy atom. The van der Waals surface area contributed by atoms with Crippen LogP contribution in [0.4, 0.5) is 10.1 Å². The number of hydrogen-bond donors (Lipinski definition) is 2. The zero-order valence-electron chi connectivity index (χ0n) is 11.9. The molecule has 22 heavy (non-hydrogen) atoms. The second-order valence-electron chi connectivity index (χ2n) is 4.81. The van der Waals surface area contributed by atoms with E-state index in [2.05, 4.69) is 15.3 Å². The van der Waals surface area contributed by atoms with Gasteiger partial charge in [-0.2, -0.15) is 0 Å². The van der Waals surface area contributed by atoms with Crippen molar-refractivity contribution in [2.75, 3.05) is 11.1 Å². The van der Waals surface area contributed by atoms with Gasteiger partial charge in [-0.25, -0.2) is 9.37 Å². The van der Waals surface area contributed by atoms with Gasteiger partial charge < -0.3 is 10.3 Å². The molecule has 0 saturated carbocycles. The molecule has 112 valence electrons. The van der Waals surface area contributed by atoms with Gasteiger partial charge in [0.15, 0.2) is 5.16 Å². The Bertz CT molecular complexity index is 798. The quantitative estimate of drug-likeness (QED) is 0.721. The number of benzene rings is 2. The molecule has 0 aliphatic rings. The van der Waals surface area contributed by atoms with Crippen LogP contribution in [0.15, 0.2) is 47.6 Å². The maximum atomic E-state index is 13.4. The fourth-order valence-electron chi connectivity index (χ4n) is 2.06. The van der Waals surface area contributed by atoms with Crippen LogP contribution in [0.1, 0.15) is 5.56 Å². The summed E-state index contributed by atoms with van der Waals surface area (Å²) in [6.45, 7) is 1.64. The lowest BCUT2D eigenvalue weighted by atomic mass is 10.2. The molecule has 0 atom stereocenters. The van der Waals surface area contributed by atoms with Gasteiger partial charge >= 0.3 is 0 Å². The number of nitrogens with zero attached hydrogens (tertiary/aromatic N) is 1. The molecule has 1 aromatic heterocycles. The van der Waals surface area contributed by atoms with Crippen LogP contribution in [0.25, 0.3) is 11.0 Å². The minimum atomic E-state index is -0.331. The van der Waals surface area contributed by atoms with Crippen LogP contribution >= 0.6 is 11.8 Å². The number of anilines is 1. The third kappa shape index (κ3) is 3.12. The van der Waals surface area contributed by atoms with E-state index in [-0.39, 0.29) is 17.5 Å². The summed E-state index contributed by atoms with van der Waals surface area (Å²) in [5.74, 6) is -0.322. The Labute approximate surface area is 131 Å². The molecule has 0 aliphatic heterocycles. The number of rotatable bonds is 4. The highest BCUT2D eigenvalue weighted by atomic mass is 32.2. The Hall–Kier alpha value is -2.34. The Balaban J connectivity index is 1.63. The summed E-state index contributed by atoms with van der Waals surface area (Å²) in [5.41, 5.74) is 2.73. The SMILES string of the molecule is Cc1c(F)cccc1NC(=O)CSc1nc2ccccc2[nH]1. The Morgan fingerprint density at radius 3 is 2.91 bits per heavy atom. The van der Waals surface area contributed by atoms with Gasteiger partial charge in [0.2, 0.25) is 5.91 Å². The number of para-hydroxylation sites is 2. The number of fused-ring (bicyclic) bond motifs is 1. The lowest BCUT2D eigenvalue weighted by Crippen LogP contribution is -2.15. The monoisotopic (exact) mass is 315 g/mol. The summed E-state index contributed by atoms with van der Waals surface area (Å²) in [6.07, 6.45) is 0. The molecule has 1 amide bonds. The van der Waals surface area contributed by atoms with Crippen molar-refractivity contribution in [3.8, 4) is 0 Å². The number of aromatic amines is 1. The van der Waals surface area contributed by atoms with Crippen molar-refractivity contribution in [2.24, 2.45) is 0 Å². The number of nitrogens with one attached hydrogen (secondary N) is 2. The Morgan fingerprint density at radius 2 is 2.09 bits per heavy atom. The zero-order valence-corrected chi connectivity index (χ0v) is 12.7.